The van der Waals surface area contributed by atoms with E-state index in [4.69, 9.17) is 26.1 Å². The van der Waals surface area contributed by atoms with Crippen molar-refractivity contribution in [1.29, 1.82) is 0 Å². The van der Waals surface area contributed by atoms with Crippen molar-refractivity contribution in [2.45, 2.75) is 76.4 Å². The van der Waals surface area contributed by atoms with Crippen molar-refractivity contribution >= 4 is 45.2 Å². The van der Waals surface area contributed by atoms with E-state index in [0.29, 0.717) is 40.1 Å². The average molecular weight is 697 g/mol. The van der Waals surface area contributed by atoms with Crippen LogP contribution in [0.5, 0.6) is 6.01 Å². The van der Waals surface area contributed by atoms with Gasteiger partial charge in [-0.15, -0.1) is 0 Å². The molecule has 2 aromatic carbocycles. The number of hydrogen-bond donors (Lipinski definition) is 0. The minimum atomic E-state index is -0.948. The molecular weight excluding hydrogens is 657 g/mol. The van der Waals surface area contributed by atoms with Crippen molar-refractivity contribution in [3.05, 3.63) is 53.4 Å². The van der Waals surface area contributed by atoms with Gasteiger partial charge in [-0.25, -0.2) is 18.0 Å². The van der Waals surface area contributed by atoms with E-state index in [0.717, 1.165) is 24.8 Å². The first-order valence-electron chi connectivity index (χ1n) is 16.8. The molecular formula is C36H40ClF3N6O3. The molecule has 4 atom stereocenters. The summed E-state index contributed by atoms with van der Waals surface area (Å²) in [7, 11) is 0. The molecule has 5 heterocycles. The number of pyridine rings is 1. The van der Waals surface area contributed by atoms with Crippen molar-refractivity contribution in [2.75, 3.05) is 44.4 Å². The number of benzene rings is 2. The maximum Gasteiger partial charge on any atom is 0.410 e. The Bertz CT molecular complexity index is 1900. The molecule has 4 aromatic rings. The van der Waals surface area contributed by atoms with Crippen molar-refractivity contribution in [3.63, 3.8) is 0 Å². The van der Waals surface area contributed by atoms with Crippen LogP contribution in [-0.2, 0) is 4.74 Å². The molecule has 9 nitrogen and oxygen atoms in total. The van der Waals surface area contributed by atoms with Crippen LogP contribution in [-0.4, -0.2) is 99.7 Å². The molecule has 3 saturated heterocycles. The number of halogens is 4. The monoisotopic (exact) mass is 696 g/mol. The fourth-order valence-corrected chi connectivity index (χ4v) is 8.06. The molecule has 7 rings (SSSR count). The molecule has 3 unspecified atom stereocenters. The molecule has 0 spiro atoms. The van der Waals surface area contributed by atoms with E-state index in [1.807, 2.05) is 36.1 Å². The van der Waals surface area contributed by atoms with Crippen LogP contribution in [0.2, 0.25) is 5.02 Å². The third kappa shape index (κ3) is 6.22. The van der Waals surface area contributed by atoms with Gasteiger partial charge in [0.05, 0.1) is 23.0 Å². The van der Waals surface area contributed by atoms with Crippen LogP contribution < -0.4 is 9.64 Å². The van der Waals surface area contributed by atoms with Gasteiger partial charge in [0, 0.05) is 48.2 Å². The Morgan fingerprint density at radius 1 is 1.12 bits per heavy atom. The van der Waals surface area contributed by atoms with E-state index in [2.05, 4.69) is 14.9 Å². The van der Waals surface area contributed by atoms with Crippen molar-refractivity contribution < 1.29 is 27.4 Å². The smallest absolute Gasteiger partial charge is 0.410 e. The first kappa shape index (κ1) is 33.6. The van der Waals surface area contributed by atoms with Crippen LogP contribution in [0.25, 0.3) is 32.9 Å². The molecule has 13 heteroatoms. The summed E-state index contributed by atoms with van der Waals surface area (Å²) in [5, 5.41) is 2.25. The van der Waals surface area contributed by atoms with Crippen molar-refractivity contribution in [1.82, 2.24) is 24.8 Å². The zero-order chi connectivity index (χ0) is 34.7. The van der Waals surface area contributed by atoms with Gasteiger partial charge in [-0.2, -0.15) is 9.97 Å². The molecule has 3 aliphatic heterocycles. The lowest BCUT2D eigenvalue weighted by molar-refractivity contribution is 0.000179. The van der Waals surface area contributed by atoms with Crippen LogP contribution in [0.4, 0.5) is 23.8 Å². The highest BCUT2D eigenvalue weighted by Gasteiger charge is 2.49. The van der Waals surface area contributed by atoms with Gasteiger partial charge in [0.2, 0.25) is 0 Å². The number of nitrogens with zero attached hydrogens (tertiary/aromatic N) is 6. The molecule has 0 saturated carbocycles. The summed E-state index contributed by atoms with van der Waals surface area (Å²) < 4.78 is 57.9. The molecule has 0 radical (unpaired) electrons. The molecule has 0 aliphatic carbocycles. The molecule has 2 aromatic heterocycles. The van der Waals surface area contributed by atoms with Crippen molar-refractivity contribution in [3.8, 4) is 17.3 Å². The van der Waals surface area contributed by atoms with Crippen LogP contribution >= 0.6 is 11.6 Å². The highest BCUT2D eigenvalue weighted by Crippen LogP contribution is 2.41. The number of carbonyl (C=O) groups is 1. The molecule has 0 N–H and O–H groups in total. The van der Waals surface area contributed by atoms with Crippen LogP contribution in [0.3, 0.4) is 0 Å². The predicted molar refractivity (Wildman–Crippen MR) is 183 cm³/mol. The number of rotatable bonds is 6. The lowest BCUT2D eigenvalue weighted by Crippen LogP contribution is -2.61. The minimum Gasteiger partial charge on any atom is -0.461 e. The summed E-state index contributed by atoms with van der Waals surface area (Å²) in [4.78, 5) is 32.4. The van der Waals surface area contributed by atoms with Gasteiger partial charge in [-0.05, 0) is 58.5 Å². The maximum absolute atomic E-state index is 16.8. The molecule has 49 heavy (non-hydrogen) atoms. The predicted octanol–water partition coefficient (Wildman–Crippen LogP) is 7.38. The zero-order valence-electron chi connectivity index (χ0n) is 28.1. The molecule has 0 bridgehead atoms. The minimum absolute atomic E-state index is 0.0244. The Hall–Kier alpha value is -3.90. The molecule has 3 aliphatic rings. The van der Waals surface area contributed by atoms with Gasteiger partial charge in [-0.1, -0.05) is 41.9 Å². The van der Waals surface area contributed by atoms with Crippen LogP contribution in [0.1, 0.15) is 47.0 Å². The van der Waals surface area contributed by atoms with E-state index < -0.39 is 48.0 Å². The van der Waals surface area contributed by atoms with Gasteiger partial charge in [0.1, 0.15) is 42.1 Å². The number of hydrogen-bond acceptors (Lipinski definition) is 8. The number of piperazine rings is 1. The third-order valence-corrected chi connectivity index (χ3v) is 10.2. The first-order valence-corrected chi connectivity index (χ1v) is 17.1. The summed E-state index contributed by atoms with van der Waals surface area (Å²) >= 11 is 6.60. The highest BCUT2D eigenvalue weighted by molar-refractivity contribution is 6.36. The third-order valence-electron chi connectivity index (χ3n) is 9.85. The Morgan fingerprint density at radius 2 is 1.90 bits per heavy atom. The molecule has 260 valence electrons. The Labute approximate surface area is 288 Å². The topological polar surface area (TPSA) is 83.9 Å². The quantitative estimate of drug-likeness (QED) is 0.207. The fraction of sp³-hybridized carbons (Fsp3) is 0.500. The second-order valence-corrected chi connectivity index (χ2v) is 14.9. The van der Waals surface area contributed by atoms with Gasteiger partial charge in [0.25, 0.3) is 0 Å². The lowest BCUT2D eigenvalue weighted by atomic mass is 9.95. The number of anilines is 1. The number of amides is 1. The number of fused-ring (bicyclic) bond motifs is 3. The average Bonchev–Trinajstić information content (AvgIpc) is 3.58. The summed E-state index contributed by atoms with van der Waals surface area (Å²) in [6.45, 7) is 7.87. The second-order valence-electron chi connectivity index (χ2n) is 14.5. The number of alkyl halides is 2. The Balaban J connectivity index is 1.31. The number of ether oxygens (including phenoxy) is 2. The van der Waals surface area contributed by atoms with Gasteiger partial charge in [-0.3, -0.25) is 14.8 Å². The number of aromatic nitrogens is 3. The largest absolute Gasteiger partial charge is 0.461 e. The SMILES string of the molecule is CC1CN(c2nc(OCC34CCCN3C[C@H](F)C4)nc3c(F)c(-c4cccc5cccc(Cl)c45)ncc23)CC(CF)N1C(=O)OC(C)(C)C. The Morgan fingerprint density at radius 3 is 2.65 bits per heavy atom. The van der Waals surface area contributed by atoms with E-state index in [9.17, 15) is 13.6 Å². The van der Waals surface area contributed by atoms with Crippen LogP contribution in [0, 0.1) is 5.82 Å². The molecule has 3 fully saturated rings. The normalized spacial score (nSPS) is 24.5. The highest BCUT2D eigenvalue weighted by atomic mass is 35.5. The second kappa shape index (κ2) is 12.8. The van der Waals surface area contributed by atoms with Gasteiger partial charge in [0.15, 0.2) is 5.82 Å². The van der Waals surface area contributed by atoms with Gasteiger partial charge < -0.3 is 14.4 Å². The summed E-state index contributed by atoms with van der Waals surface area (Å²) in [5.74, 6) is -0.384. The summed E-state index contributed by atoms with van der Waals surface area (Å²) in [6, 6.07) is 9.54. The van der Waals surface area contributed by atoms with E-state index in [1.165, 1.54) is 11.1 Å². The van der Waals surface area contributed by atoms with E-state index in [-0.39, 0.29) is 36.9 Å². The van der Waals surface area contributed by atoms with E-state index in [1.54, 1.807) is 32.9 Å². The lowest BCUT2D eigenvalue weighted by Gasteiger charge is -2.45. The zero-order valence-corrected chi connectivity index (χ0v) is 28.8. The van der Waals surface area contributed by atoms with Crippen molar-refractivity contribution in [2.24, 2.45) is 0 Å². The Kier molecular flexibility index (Phi) is 8.75. The van der Waals surface area contributed by atoms with E-state index >= 15 is 4.39 Å². The summed E-state index contributed by atoms with van der Waals surface area (Å²) in [6.07, 6.45) is 2.02. The van der Waals surface area contributed by atoms with Crippen LogP contribution in [0.15, 0.2) is 42.6 Å². The summed E-state index contributed by atoms with van der Waals surface area (Å²) in [5.41, 5.74) is -0.698. The maximum atomic E-state index is 16.8. The van der Waals surface area contributed by atoms with Gasteiger partial charge >= 0.3 is 12.1 Å². The number of carbonyl (C=O) groups excluding carboxylic acids is 1. The molecule has 1 amide bonds. The fourth-order valence-electron chi connectivity index (χ4n) is 7.78. The first-order chi connectivity index (χ1) is 23.4. The standard InChI is InChI=1S/C36H40ClF3N6O3/c1-21-17-44(19-24(15-38)46(21)34(47)49-35(2,3)4)32-26-16-41-30(25-10-5-8-22-9-6-11-27(37)28(22)25)29(40)31(26)42-33(43-32)48-20-36-12-7-13-45(36)18-23(39)14-36/h5-6,8-11,16,21,23-24H,7,12-15,17-20H2,1-4H3/t21?,23-,24?,36?/m1/s1.